The number of halogens is 2. The Balaban J connectivity index is 1.67. The number of hydrogen-bond acceptors (Lipinski definition) is 4. The molecule has 6 heteroatoms. The molecule has 3 rings (SSSR count). The predicted molar refractivity (Wildman–Crippen MR) is 64.1 cm³/mol. The highest BCUT2D eigenvalue weighted by Gasteiger charge is 2.20. The van der Waals surface area contributed by atoms with E-state index >= 15 is 0 Å². The van der Waals surface area contributed by atoms with Crippen molar-refractivity contribution in [2.24, 2.45) is 5.92 Å². The lowest BCUT2D eigenvalue weighted by Crippen LogP contribution is -2.16. The Kier molecular flexibility index (Phi) is 3.25. The Labute approximate surface area is 108 Å². The third kappa shape index (κ3) is 2.96. The zero-order valence-electron chi connectivity index (χ0n) is 10.2. The van der Waals surface area contributed by atoms with Crippen molar-refractivity contribution in [3.05, 3.63) is 35.7 Å². The van der Waals surface area contributed by atoms with Gasteiger partial charge in [0.1, 0.15) is 0 Å². The fourth-order valence-corrected chi connectivity index (χ4v) is 1.78. The van der Waals surface area contributed by atoms with Crippen LogP contribution in [0.5, 0.6) is 0 Å². The maximum atomic E-state index is 13.1. The lowest BCUT2D eigenvalue weighted by Gasteiger charge is -1.97. The molecule has 0 aliphatic heterocycles. The van der Waals surface area contributed by atoms with Crippen LogP contribution in [-0.4, -0.2) is 16.7 Å². The summed E-state index contributed by atoms with van der Waals surface area (Å²) in [6.45, 7) is 1.44. The first-order valence-corrected chi connectivity index (χ1v) is 6.21. The summed E-state index contributed by atoms with van der Waals surface area (Å²) in [5.74, 6) is -0.328. The highest BCUT2D eigenvalue weighted by molar-refractivity contribution is 5.54. The number of rotatable bonds is 5. The van der Waals surface area contributed by atoms with Crippen LogP contribution in [-0.2, 0) is 6.54 Å². The van der Waals surface area contributed by atoms with Gasteiger partial charge in [-0.25, -0.2) is 8.78 Å². The quantitative estimate of drug-likeness (QED) is 0.902. The van der Waals surface area contributed by atoms with Crippen molar-refractivity contribution in [1.82, 2.24) is 15.5 Å². The van der Waals surface area contributed by atoms with Crippen molar-refractivity contribution in [3.8, 4) is 11.4 Å². The van der Waals surface area contributed by atoms with Crippen LogP contribution in [0.4, 0.5) is 8.78 Å². The summed E-state index contributed by atoms with van der Waals surface area (Å²) in [4.78, 5) is 4.14. The van der Waals surface area contributed by atoms with Crippen LogP contribution < -0.4 is 5.32 Å². The van der Waals surface area contributed by atoms with Gasteiger partial charge in [-0.15, -0.1) is 0 Å². The summed E-state index contributed by atoms with van der Waals surface area (Å²) in [5.41, 5.74) is 0.399. The molecule has 2 aromatic rings. The van der Waals surface area contributed by atoms with Crippen molar-refractivity contribution >= 4 is 0 Å². The maximum Gasteiger partial charge on any atom is 0.240 e. The summed E-state index contributed by atoms with van der Waals surface area (Å²) in [7, 11) is 0. The van der Waals surface area contributed by atoms with Gasteiger partial charge in [-0.2, -0.15) is 4.98 Å². The number of benzene rings is 1. The summed E-state index contributed by atoms with van der Waals surface area (Å²) in [6.07, 6.45) is 2.55. The van der Waals surface area contributed by atoms with Gasteiger partial charge in [0.25, 0.3) is 0 Å². The maximum absolute atomic E-state index is 13.1. The first-order valence-electron chi connectivity index (χ1n) is 6.21. The van der Waals surface area contributed by atoms with E-state index in [4.69, 9.17) is 4.52 Å². The number of hydrogen-bond donors (Lipinski definition) is 1. The van der Waals surface area contributed by atoms with Gasteiger partial charge in [-0.05, 0) is 43.5 Å². The summed E-state index contributed by atoms with van der Waals surface area (Å²) in [6, 6.07) is 3.53. The second kappa shape index (κ2) is 5.05. The smallest absolute Gasteiger partial charge is 0.240 e. The van der Waals surface area contributed by atoms with Crippen LogP contribution in [0.2, 0.25) is 0 Å². The SMILES string of the molecule is Fc1ccc(-c2noc(CNCC3CC3)n2)cc1F. The van der Waals surface area contributed by atoms with Gasteiger partial charge in [0.2, 0.25) is 11.7 Å². The molecule has 0 radical (unpaired) electrons. The zero-order valence-corrected chi connectivity index (χ0v) is 10.2. The van der Waals surface area contributed by atoms with E-state index in [1.807, 2.05) is 0 Å². The highest BCUT2D eigenvalue weighted by atomic mass is 19.2. The van der Waals surface area contributed by atoms with Crippen LogP contribution in [0.15, 0.2) is 22.7 Å². The van der Waals surface area contributed by atoms with E-state index in [1.54, 1.807) is 0 Å². The molecular formula is C13H13F2N3O. The Morgan fingerprint density at radius 1 is 1.26 bits per heavy atom. The Morgan fingerprint density at radius 3 is 2.84 bits per heavy atom. The van der Waals surface area contributed by atoms with E-state index in [-0.39, 0.29) is 5.82 Å². The van der Waals surface area contributed by atoms with Gasteiger partial charge in [-0.3, -0.25) is 0 Å². The average Bonchev–Trinajstić information content (AvgIpc) is 3.10. The standard InChI is InChI=1S/C13H13F2N3O/c14-10-4-3-9(5-11(10)15)13-17-12(19-18-13)7-16-6-8-1-2-8/h3-5,8,16H,1-2,6-7H2. The van der Waals surface area contributed by atoms with Gasteiger partial charge in [-0.1, -0.05) is 5.16 Å². The summed E-state index contributed by atoms with van der Waals surface area (Å²) >= 11 is 0. The van der Waals surface area contributed by atoms with Crippen molar-refractivity contribution in [3.63, 3.8) is 0 Å². The predicted octanol–water partition coefficient (Wildman–Crippen LogP) is 2.51. The van der Waals surface area contributed by atoms with Crippen molar-refractivity contribution < 1.29 is 13.3 Å². The minimum Gasteiger partial charge on any atom is -0.338 e. The first-order chi connectivity index (χ1) is 9.22. The highest BCUT2D eigenvalue weighted by Crippen LogP contribution is 2.27. The van der Waals surface area contributed by atoms with Crippen molar-refractivity contribution in [2.75, 3.05) is 6.54 Å². The molecule has 0 unspecified atom stereocenters. The number of aromatic nitrogens is 2. The van der Waals surface area contributed by atoms with Crippen molar-refractivity contribution in [2.45, 2.75) is 19.4 Å². The lowest BCUT2D eigenvalue weighted by atomic mass is 10.2. The molecule has 1 aliphatic carbocycles. The molecule has 0 amide bonds. The van der Waals surface area contributed by atoms with Crippen LogP contribution in [0.3, 0.4) is 0 Å². The van der Waals surface area contributed by atoms with Crippen LogP contribution in [0.25, 0.3) is 11.4 Å². The molecule has 0 atom stereocenters. The zero-order chi connectivity index (χ0) is 13.2. The molecule has 1 aliphatic rings. The van der Waals surface area contributed by atoms with Crippen molar-refractivity contribution in [1.29, 1.82) is 0 Å². The Morgan fingerprint density at radius 2 is 2.11 bits per heavy atom. The van der Waals surface area contributed by atoms with Gasteiger partial charge >= 0.3 is 0 Å². The molecular weight excluding hydrogens is 252 g/mol. The van der Waals surface area contributed by atoms with Gasteiger partial charge in [0.15, 0.2) is 11.6 Å². The normalized spacial score (nSPS) is 14.8. The lowest BCUT2D eigenvalue weighted by molar-refractivity contribution is 0.367. The van der Waals surface area contributed by atoms with Crippen LogP contribution in [0.1, 0.15) is 18.7 Å². The van der Waals surface area contributed by atoms with E-state index in [9.17, 15) is 8.78 Å². The molecule has 0 spiro atoms. The molecule has 1 saturated carbocycles. The molecule has 1 aromatic carbocycles. The van der Waals surface area contributed by atoms with Gasteiger partial charge < -0.3 is 9.84 Å². The average molecular weight is 265 g/mol. The van der Waals surface area contributed by atoms with E-state index in [0.717, 1.165) is 24.6 Å². The third-order valence-corrected chi connectivity index (χ3v) is 3.05. The minimum absolute atomic E-state index is 0.266. The van der Waals surface area contributed by atoms with E-state index in [1.165, 1.54) is 18.9 Å². The van der Waals surface area contributed by atoms with Crippen LogP contribution in [0, 0.1) is 17.6 Å². The topological polar surface area (TPSA) is 51.0 Å². The molecule has 1 aromatic heterocycles. The van der Waals surface area contributed by atoms with E-state index in [2.05, 4.69) is 15.5 Å². The molecule has 1 N–H and O–H groups in total. The summed E-state index contributed by atoms with van der Waals surface area (Å²) < 4.78 is 31.0. The third-order valence-electron chi connectivity index (χ3n) is 3.05. The molecule has 19 heavy (non-hydrogen) atoms. The Bertz CT molecular complexity index is 581. The molecule has 0 saturated heterocycles. The molecule has 1 fully saturated rings. The number of nitrogens with one attached hydrogen (secondary N) is 1. The first kappa shape index (κ1) is 12.2. The summed E-state index contributed by atoms with van der Waals surface area (Å²) in [5, 5.41) is 6.97. The molecule has 4 nitrogen and oxygen atoms in total. The minimum atomic E-state index is -0.921. The number of nitrogens with zero attached hydrogens (tertiary/aromatic N) is 2. The Hall–Kier alpha value is -1.82. The van der Waals surface area contributed by atoms with Gasteiger partial charge in [0, 0.05) is 5.56 Å². The molecule has 0 bridgehead atoms. The van der Waals surface area contributed by atoms with E-state index in [0.29, 0.717) is 18.0 Å². The van der Waals surface area contributed by atoms with E-state index < -0.39 is 11.6 Å². The fraction of sp³-hybridized carbons (Fsp3) is 0.385. The van der Waals surface area contributed by atoms with Crippen LogP contribution >= 0.6 is 0 Å². The fourth-order valence-electron chi connectivity index (χ4n) is 1.78. The van der Waals surface area contributed by atoms with Gasteiger partial charge in [0.05, 0.1) is 6.54 Å². The monoisotopic (exact) mass is 265 g/mol. The second-order valence-electron chi connectivity index (χ2n) is 4.71. The molecule has 1 heterocycles. The largest absolute Gasteiger partial charge is 0.338 e. The molecule has 100 valence electrons. The second-order valence-corrected chi connectivity index (χ2v) is 4.71.